The van der Waals surface area contributed by atoms with Crippen molar-refractivity contribution in [2.45, 2.75) is 51.2 Å². The number of sulfonamides is 1. The molecule has 1 fully saturated rings. The zero-order valence-electron chi connectivity index (χ0n) is 21.6. The molecular weight excluding hydrogens is 518 g/mol. The molecule has 0 aromatic heterocycles. The highest BCUT2D eigenvalue weighted by atomic mass is 35.5. The van der Waals surface area contributed by atoms with Crippen molar-refractivity contribution in [3.05, 3.63) is 53.1 Å². The summed E-state index contributed by atoms with van der Waals surface area (Å²) in [6.45, 7) is 1.26. The normalized spacial score (nSPS) is 14.6. The Bertz CT molecular complexity index is 1200. The molecule has 0 radical (unpaired) electrons. The molecule has 37 heavy (non-hydrogen) atoms. The molecular formula is C26H34ClN3O6S. The van der Waals surface area contributed by atoms with E-state index in [1.54, 1.807) is 37.3 Å². The van der Waals surface area contributed by atoms with Gasteiger partial charge in [-0.05, 0) is 49.6 Å². The molecule has 0 bridgehead atoms. The summed E-state index contributed by atoms with van der Waals surface area (Å²) in [6.07, 6.45) is 4.95. The Morgan fingerprint density at radius 2 is 1.68 bits per heavy atom. The van der Waals surface area contributed by atoms with E-state index in [4.69, 9.17) is 21.1 Å². The van der Waals surface area contributed by atoms with Crippen LogP contribution in [0.3, 0.4) is 0 Å². The Morgan fingerprint density at radius 1 is 1.05 bits per heavy atom. The number of carbonyl (C=O) groups is 2. The SMILES string of the molecule is COc1ccc(N(CC(=O)N(Cc2ccc(Cl)cc2)[C@H](C)C(=O)NC2CCCC2)S(C)(=O)=O)cc1OC. The highest BCUT2D eigenvalue weighted by molar-refractivity contribution is 7.92. The fourth-order valence-corrected chi connectivity index (χ4v) is 5.32. The zero-order chi connectivity index (χ0) is 27.2. The zero-order valence-corrected chi connectivity index (χ0v) is 23.1. The summed E-state index contributed by atoms with van der Waals surface area (Å²) in [4.78, 5) is 28.2. The van der Waals surface area contributed by atoms with E-state index in [-0.39, 0.29) is 24.2 Å². The molecule has 2 aromatic rings. The number of methoxy groups -OCH3 is 2. The van der Waals surface area contributed by atoms with E-state index in [0.717, 1.165) is 41.8 Å². The van der Waals surface area contributed by atoms with Gasteiger partial charge in [0.2, 0.25) is 21.8 Å². The Morgan fingerprint density at radius 3 is 2.24 bits per heavy atom. The number of nitrogens with one attached hydrogen (secondary N) is 1. The summed E-state index contributed by atoms with van der Waals surface area (Å²) in [5, 5.41) is 3.58. The standard InChI is InChI=1S/C26H34ClN3O6S/c1-18(26(32)28-21-7-5-6-8-21)29(16-19-9-11-20(27)12-10-19)25(31)17-30(37(4,33)34)22-13-14-23(35-2)24(15-22)36-3/h9-15,18,21H,5-8,16-17H2,1-4H3,(H,28,32)/t18-/m1/s1. The van der Waals surface area contributed by atoms with Crippen molar-refractivity contribution in [1.82, 2.24) is 10.2 Å². The van der Waals surface area contributed by atoms with Crippen molar-refractivity contribution >= 4 is 39.1 Å². The number of ether oxygens (including phenoxy) is 2. The summed E-state index contributed by atoms with van der Waals surface area (Å²) >= 11 is 6.01. The maximum Gasteiger partial charge on any atom is 0.244 e. The lowest BCUT2D eigenvalue weighted by Crippen LogP contribution is -2.52. The van der Waals surface area contributed by atoms with Crippen LogP contribution in [-0.2, 0) is 26.2 Å². The summed E-state index contributed by atoms with van der Waals surface area (Å²) in [5.74, 6) is -0.0495. The number of carbonyl (C=O) groups excluding carboxylic acids is 2. The number of rotatable bonds is 11. The number of anilines is 1. The van der Waals surface area contributed by atoms with Gasteiger partial charge in [-0.2, -0.15) is 0 Å². The van der Waals surface area contributed by atoms with E-state index in [0.29, 0.717) is 16.5 Å². The van der Waals surface area contributed by atoms with Gasteiger partial charge in [-0.15, -0.1) is 0 Å². The molecule has 0 spiro atoms. The van der Waals surface area contributed by atoms with Crippen LogP contribution in [0, 0.1) is 0 Å². The molecule has 1 aliphatic rings. The molecule has 202 valence electrons. The highest BCUT2D eigenvalue weighted by Gasteiger charge is 2.31. The number of hydrogen-bond donors (Lipinski definition) is 1. The molecule has 1 saturated carbocycles. The molecule has 2 amide bonds. The smallest absolute Gasteiger partial charge is 0.244 e. The second-order valence-electron chi connectivity index (χ2n) is 9.12. The van der Waals surface area contributed by atoms with Crippen LogP contribution in [0.25, 0.3) is 0 Å². The molecule has 0 saturated heterocycles. The number of hydrogen-bond acceptors (Lipinski definition) is 6. The van der Waals surface area contributed by atoms with Crippen LogP contribution in [0.1, 0.15) is 38.2 Å². The summed E-state index contributed by atoms with van der Waals surface area (Å²) < 4.78 is 37.1. The van der Waals surface area contributed by atoms with Gasteiger partial charge in [-0.1, -0.05) is 36.6 Å². The van der Waals surface area contributed by atoms with Gasteiger partial charge in [-0.25, -0.2) is 8.42 Å². The molecule has 0 unspecified atom stereocenters. The van der Waals surface area contributed by atoms with Crippen LogP contribution < -0.4 is 19.1 Å². The Hall–Kier alpha value is -2.98. The number of nitrogens with zero attached hydrogens (tertiary/aromatic N) is 2. The molecule has 11 heteroatoms. The van der Waals surface area contributed by atoms with E-state index in [1.807, 2.05) is 0 Å². The fourth-order valence-electron chi connectivity index (χ4n) is 4.35. The van der Waals surface area contributed by atoms with Crippen LogP contribution in [0.4, 0.5) is 5.69 Å². The number of amides is 2. The third kappa shape index (κ3) is 7.52. The second-order valence-corrected chi connectivity index (χ2v) is 11.5. The molecule has 1 aliphatic carbocycles. The van der Waals surface area contributed by atoms with E-state index >= 15 is 0 Å². The lowest BCUT2D eigenvalue weighted by atomic mass is 10.1. The van der Waals surface area contributed by atoms with Gasteiger partial charge >= 0.3 is 0 Å². The quantitative estimate of drug-likeness (QED) is 0.457. The third-order valence-electron chi connectivity index (χ3n) is 6.47. The topological polar surface area (TPSA) is 105 Å². The molecule has 0 heterocycles. The predicted molar refractivity (Wildman–Crippen MR) is 144 cm³/mol. The minimum absolute atomic E-state index is 0.0849. The van der Waals surface area contributed by atoms with Gasteiger partial charge in [0.1, 0.15) is 12.6 Å². The highest BCUT2D eigenvalue weighted by Crippen LogP contribution is 2.32. The van der Waals surface area contributed by atoms with Crippen LogP contribution in [0.15, 0.2) is 42.5 Å². The molecule has 0 aliphatic heterocycles. The van der Waals surface area contributed by atoms with Crippen molar-refractivity contribution in [2.24, 2.45) is 0 Å². The molecule has 1 atom stereocenters. The molecule has 2 aromatic carbocycles. The van der Waals surface area contributed by atoms with Crippen LogP contribution in [0.5, 0.6) is 11.5 Å². The van der Waals surface area contributed by atoms with Crippen molar-refractivity contribution in [3.8, 4) is 11.5 Å². The van der Waals surface area contributed by atoms with E-state index in [9.17, 15) is 18.0 Å². The van der Waals surface area contributed by atoms with Crippen molar-refractivity contribution in [2.75, 3.05) is 31.3 Å². The van der Waals surface area contributed by atoms with Crippen LogP contribution in [-0.4, -0.2) is 64.2 Å². The second kappa shape index (κ2) is 12.5. The first-order valence-corrected chi connectivity index (χ1v) is 14.3. The van der Waals surface area contributed by atoms with Gasteiger partial charge in [0.15, 0.2) is 11.5 Å². The van der Waals surface area contributed by atoms with Gasteiger partial charge in [0, 0.05) is 23.7 Å². The maximum atomic E-state index is 13.7. The van der Waals surface area contributed by atoms with Crippen LogP contribution >= 0.6 is 11.6 Å². The maximum absolute atomic E-state index is 13.7. The molecule has 9 nitrogen and oxygen atoms in total. The largest absolute Gasteiger partial charge is 0.493 e. The average Bonchev–Trinajstić information content (AvgIpc) is 3.38. The number of benzene rings is 2. The molecule has 1 N–H and O–H groups in total. The van der Waals surface area contributed by atoms with Gasteiger partial charge in [0.05, 0.1) is 26.2 Å². The summed E-state index contributed by atoms with van der Waals surface area (Å²) in [7, 11) is -0.948. The van der Waals surface area contributed by atoms with Crippen molar-refractivity contribution in [1.29, 1.82) is 0 Å². The first-order chi connectivity index (χ1) is 17.5. The first kappa shape index (κ1) is 28.6. The number of halogens is 1. The van der Waals surface area contributed by atoms with E-state index < -0.39 is 28.5 Å². The summed E-state index contributed by atoms with van der Waals surface area (Å²) in [5.41, 5.74) is 0.998. The van der Waals surface area contributed by atoms with Crippen molar-refractivity contribution < 1.29 is 27.5 Å². The summed E-state index contributed by atoms with van der Waals surface area (Å²) in [6, 6.07) is 10.8. The van der Waals surface area contributed by atoms with Gasteiger partial charge in [-0.3, -0.25) is 13.9 Å². The van der Waals surface area contributed by atoms with E-state index in [2.05, 4.69) is 5.32 Å². The minimum Gasteiger partial charge on any atom is -0.493 e. The van der Waals surface area contributed by atoms with Crippen molar-refractivity contribution in [3.63, 3.8) is 0 Å². The fraction of sp³-hybridized carbons (Fsp3) is 0.462. The van der Waals surface area contributed by atoms with Gasteiger partial charge < -0.3 is 19.7 Å². The Kier molecular flexibility index (Phi) is 9.67. The lowest BCUT2D eigenvalue weighted by molar-refractivity contribution is -0.139. The Balaban J connectivity index is 1.90. The van der Waals surface area contributed by atoms with E-state index in [1.165, 1.54) is 31.3 Å². The average molecular weight is 552 g/mol. The molecule has 3 rings (SSSR count). The monoisotopic (exact) mass is 551 g/mol. The third-order valence-corrected chi connectivity index (χ3v) is 7.86. The van der Waals surface area contributed by atoms with Gasteiger partial charge in [0.25, 0.3) is 0 Å². The Labute approximate surface area is 223 Å². The predicted octanol–water partition coefficient (Wildman–Crippen LogP) is 3.60. The lowest BCUT2D eigenvalue weighted by Gasteiger charge is -2.32. The minimum atomic E-state index is -3.86. The first-order valence-electron chi connectivity index (χ1n) is 12.1. The van der Waals surface area contributed by atoms with Crippen LogP contribution in [0.2, 0.25) is 5.02 Å².